The fourth-order valence-electron chi connectivity index (χ4n) is 2.91. The van der Waals surface area contributed by atoms with Crippen LogP contribution in [0, 0.1) is 0 Å². The first kappa shape index (κ1) is 18.5. The van der Waals surface area contributed by atoms with Crippen molar-refractivity contribution in [2.75, 3.05) is 19.5 Å². The van der Waals surface area contributed by atoms with E-state index >= 15 is 0 Å². The fraction of sp³-hybridized carbons (Fsp3) is 0.174. The monoisotopic (exact) mass is 361 g/mol. The van der Waals surface area contributed by atoms with Gasteiger partial charge in [-0.15, -0.1) is 0 Å². The van der Waals surface area contributed by atoms with E-state index in [1.165, 1.54) is 0 Å². The minimum absolute atomic E-state index is 0.00954. The summed E-state index contributed by atoms with van der Waals surface area (Å²) in [6.07, 6.45) is 1.15. The minimum atomic E-state index is -0.00954. The average Bonchev–Trinajstić information content (AvgIpc) is 2.73. The second-order valence-electron chi connectivity index (χ2n) is 6.18. The van der Waals surface area contributed by atoms with Crippen molar-refractivity contribution in [1.29, 1.82) is 0 Å². The van der Waals surface area contributed by atoms with Gasteiger partial charge in [0.2, 0.25) is 5.91 Å². The Kier molecular flexibility index (Phi) is 6.10. The Morgan fingerprint density at radius 2 is 1.63 bits per heavy atom. The molecule has 0 radical (unpaired) electrons. The third-order valence-electron chi connectivity index (χ3n) is 4.37. The topological polar surface area (TPSA) is 47.6 Å². The zero-order valence-electron chi connectivity index (χ0n) is 15.6. The first-order valence-corrected chi connectivity index (χ1v) is 8.86. The van der Waals surface area contributed by atoms with Crippen LogP contribution in [0.3, 0.4) is 0 Å². The molecule has 0 aliphatic heterocycles. The number of carbonyl (C=O) groups excluding carboxylic acids is 1. The van der Waals surface area contributed by atoms with Gasteiger partial charge in [0.1, 0.15) is 11.5 Å². The van der Waals surface area contributed by atoms with Crippen molar-refractivity contribution in [2.24, 2.45) is 0 Å². The molecule has 4 heteroatoms. The number of aryl methyl sites for hydroxylation is 1. The normalized spacial score (nSPS) is 10.3. The summed E-state index contributed by atoms with van der Waals surface area (Å²) in [5.41, 5.74) is 3.81. The van der Waals surface area contributed by atoms with E-state index in [4.69, 9.17) is 9.47 Å². The number of hydrogen-bond donors (Lipinski definition) is 1. The van der Waals surface area contributed by atoms with E-state index < -0.39 is 0 Å². The van der Waals surface area contributed by atoms with Crippen molar-refractivity contribution in [3.05, 3.63) is 78.4 Å². The van der Waals surface area contributed by atoms with Crippen LogP contribution in [0.5, 0.6) is 11.5 Å². The maximum Gasteiger partial charge on any atom is 0.224 e. The van der Waals surface area contributed by atoms with Crippen LogP contribution in [0.15, 0.2) is 72.8 Å². The average molecular weight is 361 g/mol. The van der Waals surface area contributed by atoms with Crippen molar-refractivity contribution in [1.82, 2.24) is 0 Å². The lowest BCUT2D eigenvalue weighted by atomic mass is 10.0. The Labute approximate surface area is 159 Å². The Bertz CT molecular complexity index is 889. The molecule has 27 heavy (non-hydrogen) atoms. The number of hydrogen-bond acceptors (Lipinski definition) is 3. The summed E-state index contributed by atoms with van der Waals surface area (Å²) >= 11 is 0. The van der Waals surface area contributed by atoms with Crippen LogP contribution in [0.1, 0.15) is 12.0 Å². The highest BCUT2D eigenvalue weighted by atomic mass is 16.5. The predicted octanol–water partition coefficient (Wildman–Crippen LogP) is 4.94. The Hall–Kier alpha value is -3.27. The van der Waals surface area contributed by atoms with Gasteiger partial charge in [0, 0.05) is 17.7 Å². The Morgan fingerprint density at radius 3 is 2.30 bits per heavy atom. The first-order chi connectivity index (χ1) is 13.2. The highest BCUT2D eigenvalue weighted by Gasteiger charge is 2.10. The summed E-state index contributed by atoms with van der Waals surface area (Å²) in [7, 11) is 3.28. The number of methoxy groups -OCH3 is 2. The third kappa shape index (κ3) is 4.88. The lowest BCUT2D eigenvalue weighted by Crippen LogP contribution is -2.12. The summed E-state index contributed by atoms with van der Waals surface area (Å²) in [6, 6.07) is 23.4. The molecule has 3 aromatic rings. The lowest BCUT2D eigenvalue weighted by molar-refractivity contribution is -0.116. The third-order valence-corrected chi connectivity index (χ3v) is 4.37. The van der Waals surface area contributed by atoms with Gasteiger partial charge in [-0.3, -0.25) is 4.79 Å². The molecule has 0 aliphatic rings. The second kappa shape index (κ2) is 8.90. The van der Waals surface area contributed by atoms with Crippen molar-refractivity contribution >= 4 is 11.6 Å². The van der Waals surface area contributed by atoms with Gasteiger partial charge in [0.05, 0.1) is 14.2 Å². The standard InChI is InChI=1S/C23H23NO3/c1-26-20-12-9-18(10-13-20)21-16-19(11-14-22(21)27-2)24-23(25)15-8-17-6-4-3-5-7-17/h3-7,9-14,16H,8,15H2,1-2H3,(H,24,25). The van der Waals surface area contributed by atoms with Gasteiger partial charge < -0.3 is 14.8 Å². The van der Waals surface area contributed by atoms with E-state index in [1.54, 1.807) is 14.2 Å². The molecule has 0 heterocycles. The van der Waals surface area contributed by atoms with E-state index in [1.807, 2.05) is 72.8 Å². The van der Waals surface area contributed by atoms with E-state index in [0.717, 1.165) is 33.9 Å². The molecular formula is C23H23NO3. The number of anilines is 1. The summed E-state index contributed by atoms with van der Waals surface area (Å²) in [5, 5.41) is 2.98. The van der Waals surface area contributed by atoms with Crippen LogP contribution < -0.4 is 14.8 Å². The Morgan fingerprint density at radius 1 is 0.889 bits per heavy atom. The van der Waals surface area contributed by atoms with Gasteiger partial charge in [-0.05, 0) is 47.9 Å². The van der Waals surface area contributed by atoms with Crippen molar-refractivity contribution < 1.29 is 14.3 Å². The summed E-state index contributed by atoms with van der Waals surface area (Å²) < 4.78 is 10.7. The molecule has 0 saturated carbocycles. The number of carbonyl (C=O) groups is 1. The molecule has 0 bridgehead atoms. The predicted molar refractivity (Wildman–Crippen MR) is 108 cm³/mol. The Balaban J connectivity index is 1.73. The van der Waals surface area contributed by atoms with Crippen LogP contribution in [-0.4, -0.2) is 20.1 Å². The van der Waals surface area contributed by atoms with Crippen molar-refractivity contribution in [3.63, 3.8) is 0 Å². The van der Waals surface area contributed by atoms with Gasteiger partial charge in [-0.1, -0.05) is 42.5 Å². The number of rotatable bonds is 7. The first-order valence-electron chi connectivity index (χ1n) is 8.86. The van der Waals surface area contributed by atoms with Crippen molar-refractivity contribution in [3.8, 4) is 22.6 Å². The van der Waals surface area contributed by atoms with Gasteiger partial charge in [-0.2, -0.15) is 0 Å². The van der Waals surface area contributed by atoms with E-state index in [-0.39, 0.29) is 5.91 Å². The van der Waals surface area contributed by atoms with Gasteiger partial charge in [0.15, 0.2) is 0 Å². The molecule has 0 saturated heterocycles. The SMILES string of the molecule is COc1ccc(-c2cc(NC(=O)CCc3ccccc3)ccc2OC)cc1. The molecule has 138 valence electrons. The molecule has 0 atom stereocenters. The molecule has 3 rings (SSSR count). The molecule has 3 aromatic carbocycles. The summed E-state index contributed by atoms with van der Waals surface area (Å²) in [4.78, 5) is 12.3. The smallest absolute Gasteiger partial charge is 0.224 e. The van der Waals surface area contributed by atoms with E-state index in [0.29, 0.717) is 12.8 Å². The van der Waals surface area contributed by atoms with Crippen LogP contribution in [-0.2, 0) is 11.2 Å². The van der Waals surface area contributed by atoms with Crippen LogP contribution in [0.25, 0.3) is 11.1 Å². The largest absolute Gasteiger partial charge is 0.497 e. The molecule has 0 fully saturated rings. The van der Waals surface area contributed by atoms with Gasteiger partial charge in [-0.25, -0.2) is 0 Å². The van der Waals surface area contributed by atoms with Gasteiger partial charge >= 0.3 is 0 Å². The molecular weight excluding hydrogens is 338 g/mol. The van der Waals surface area contributed by atoms with Crippen LogP contribution in [0.2, 0.25) is 0 Å². The van der Waals surface area contributed by atoms with Crippen LogP contribution >= 0.6 is 0 Å². The minimum Gasteiger partial charge on any atom is -0.497 e. The zero-order valence-corrected chi connectivity index (χ0v) is 15.6. The maximum absolute atomic E-state index is 12.3. The number of benzene rings is 3. The number of nitrogens with one attached hydrogen (secondary N) is 1. The molecule has 0 aromatic heterocycles. The highest BCUT2D eigenvalue weighted by molar-refractivity contribution is 5.92. The van der Waals surface area contributed by atoms with Gasteiger partial charge in [0.25, 0.3) is 0 Å². The summed E-state index contributed by atoms with van der Waals surface area (Å²) in [6.45, 7) is 0. The maximum atomic E-state index is 12.3. The number of amides is 1. The molecule has 1 amide bonds. The highest BCUT2D eigenvalue weighted by Crippen LogP contribution is 2.33. The van der Waals surface area contributed by atoms with Crippen molar-refractivity contribution in [2.45, 2.75) is 12.8 Å². The molecule has 0 spiro atoms. The van der Waals surface area contributed by atoms with Crippen LogP contribution in [0.4, 0.5) is 5.69 Å². The quantitative estimate of drug-likeness (QED) is 0.648. The fourth-order valence-corrected chi connectivity index (χ4v) is 2.91. The molecule has 4 nitrogen and oxygen atoms in total. The van der Waals surface area contributed by atoms with E-state index in [9.17, 15) is 4.79 Å². The lowest BCUT2D eigenvalue weighted by Gasteiger charge is -2.12. The zero-order chi connectivity index (χ0) is 19.1. The number of ether oxygens (including phenoxy) is 2. The second-order valence-corrected chi connectivity index (χ2v) is 6.18. The molecule has 0 aliphatic carbocycles. The summed E-state index contributed by atoms with van der Waals surface area (Å²) in [5.74, 6) is 1.54. The molecule has 1 N–H and O–H groups in total. The van der Waals surface area contributed by atoms with E-state index in [2.05, 4.69) is 5.32 Å². The molecule has 0 unspecified atom stereocenters.